The molecule has 0 spiro atoms. The van der Waals surface area contributed by atoms with Crippen molar-refractivity contribution in [2.24, 2.45) is 22.7 Å². The van der Waals surface area contributed by atoms with E-state index in [1.165, 1.54) is 25.7 Å². The average Bonchev–Trinajstić information content (AvgIpc) is 2.67. The van der Waals surface area contributed by atoms with E-state index in [-0.39, 0.29) is 0 Å². The van der Waals surface area contributed by atoms with Gasteiger partial charge in [-0.1, -0.05) is 47.1 Å². The summed E-state index contributed by atoms with van der Waals surface area (Å²) in [6.45, 7) is 15.8. The molecule has 4 atom stereocenters. The maximum atomic E-state index is 3.90. The van der Waals surface area contributed by atoms with E-state index in [0.717, 1.165) is 5.92 Å². The molecule has 1 aliphatic rings. The molecule has 1 saturated carbocycles. The van der Waals surface area contributed by atoms with Crippen LogP contribution in [0, 0.1) is 22.7 Å². The molecule has 88 valence electrons. The minimum atomic E-state index is 0.587. The molecule has 0 aromatic rings. The zero-order valence-electron chi connectivity index (χ0n) is 11.3. The monoisotopic (exact) mass is 208 g/mol. The SMILES string of the molecule is C=CC(C)CC1(C)CC1(C)CC(C)CC. The first-order valence-corrected chi connectivity index (χ1v) is 6.49. The Kier molecular flexibility index (Phi) is 3.68. The van der Waals surface area contributed by atoms with Gasteiger partial charge >= 0.3 is 0 Å². The summed E-state index contributed by atoms with van der Waals surface area (Å²) < 4.78 is 0. The predicted molar refractivity (Wildman–Crippen MR) is 68.9 cm³/mol. The summed E-state index contributed by atoms with van der Waals surface area (Å²) in [7, 11) is 0. The molecule has 4 unspecified atom stereocenters. The van der Waals surface area contributed by atoms with Crippen molar-refractivity contribution >= 4 is 0 Å². The summed E-state index contributed by atoms with van der Waals surface area (Å²) in [4.78, 5) is 0. The van der Waals surface area contributed by atoms with Gasteiger partial charge in [0.1, 0.15) is 0 Å². The third-order valence-corrected chi connectivity index (χ3v) is 4.78. The van der Waals surface area contributed by atoms with Crippen molar-refractivity contribution in [3.63, 3.8) is 0 Å². The van der Waals surface area contributed by atoms with Crippen LogP contribution in [-0.2, 0) is 0 Å². The van der Waals surface area contributed by atoms with E-state index in [0.29, 0.717) is 16.7 Å². The first kappa shape index (κ1) is 12.8. The maximum absolute atomic E-state index is 3.90. The lowest BCUT2D eigenvalue weighted by atomic mass is 9.82. The Morgan fingerprint density at radius 2 is 1.73 bits per heavy atom. The Balaban J connectivity index is 2.50. The molecule has 0 saturated heterocycles. The molecule has 0 bridgehead atoms. The molecule has 0 aromatic carbocycles. The van der Waals surface area contributed by atoms with Crippen LogP contribution in [0.1, 0.15) is 60.3 Å². The molecular formula is C15H28. The largest absolute Gasteiger partial charge is 0.103 e. The minimum Gasteiger partial charge on any atom is -0.103 e. The Morgan fingerprint density at radius 1 is 1.20 bits per heavy atom. The Hall–Kier alpha value is -0.260. The van der Waals surface area contributed by atoms with Gasteiger partial charge in [-0.05, 0) is 41.9 Å². The van der Waals surface area contributed by atoms with Crippen molar-refractivity contribution in [1.29, 1.82) is 0 Å². The highest BCUT2D eigenvalue weighted by molar-refractivity contribution is 5.10. The van der Waals surface area contributed by atoms with E-state index in [1.54, 1.807) is 0 Å². The lowest BCUT2D eigenvalue weighted by Gasteiger charge is -2.23. The van der Waals surface area contributed by atoms with Crippen molar-refractivity contribution in [2.75, 3.05) is 0 Å². The Bertz CT molecular complexity index is 230. The highest BCUT2D eigenvalue weighted by atomic mass is 14.6. The maximum Gasteiger partial charge on any atom is -0.0259 e. The van der Waals surface area contributed by atoms with Crippen molar-refractivity contribution in [1.82, 2.24) is 0 Å². The second kappa shape index (κ2) is 4.31. The van der Waals surface area contributed by atoms with Crippen LogP contribution in [0.4, 0.5) is 0 Å². The quantitative estimate of drug-likeness (QED) is 0.536. The second-order valence-corrected chi connectivity index (χ2v) is 6.43. The van der Waals surface area contributed by atoms with E-state index >= 15 is 0 Å². The number of allylic oxidation sites excluding steroid dienone is 1. The van der Waals surface area contributed by atoms with Crippen molar-refractivity contribution in [3.05, 3.63) is 12.7 Å². The van der Waals surface area contributed by atoms with Crippen LogP contribution in [-0.4, -0.2) is 0 Å². The number of hydrogen-bond acceptors (Lipinski definition) is 0. The fraction of sp³-hybridized carbons (Fsp3) is 0.867. The number of rotatable bonds is 6. The summed E-state index contributed by atoms with van der Waals surface area (Å²) in [5.41, 5.74) is 1.20. The van der Waals surface area contributed by atoms with Crippen LogP contribution in [0.5, 0.6) is 0 Å². The third kappa shape index (κ3) is 2.65. The molecule has 1 fully saturated rings. The molecule has 0 heterocycles. The average molecular weight is 208 g/mol. The summed E-state index contributed by atoms with van der Waals surface area (Å²) in [6.07, 6.45) is 7.58. The van der Waals surface area contributed by atoms with Gasteiger partial charge in [0.2, 0.25) is 0 Å². The molecule has 1 rings (SSSR count). The second-order valence-electron chi connectivity index (χ2n) is 6.43. The van der Waals surface area contributed by atoms with Crippen molar-refractivity contribution in [3.8, 4) is 0 Å². The Morgan fingerprint density at radius 3 is 2.20 bits per heavy atom. The first-order chi connectivity index (χ1) is 6.87. The van der Waals surface area contributed by atoms with Gasteiger partial charge in [-0.15, -0.1) is 6.58 Å². The molecule has 0 radical (unpaired) electrons. The first-order valence-electron chi connectivity index (χ1n) is 6.49. The van der Waals surface area contributed by atoms with Crippen LogP contribution < -0.4 is 0 Å². The van der Waals surface area contributed by atoms with Crippen LogP contribution in [0.15, 0.2) is 12.7 Å². The number of hydrogen-bond donors (Lipinski definition) is 0. The predicted octanol–water partition coefficient (Wildman–Crippen LogP) is 5.05. The fourth-order valence-electron chi connectivity index (χ4n) is 3.16. The lowest BCUT2D eigenvalue weighted by molar-refractivity contribution is 0.279. The molecule has 0 aromatic heterocycles. The summed E-state index contributed by atoms with van der Waals surface area (Å²) in [6, 6.07) is 0. The lowest BCUT2D eigenvalue weighted by Crippen LogP contribution is -2.13. The van der Waals surface area contributed by atoms with Gasteiger partial charge in [0.05, 0.1) is 0 Å². The molecule has 0 heteroatoms. The van der Waals surface area contributed by atoms with Crippen LogP contribution in [0.25, 0.3) is 0 Å². The van der Waals surface area contributed by atoms with Gasteiger partial charge in [-0.25, -0.2) is 0 Å². The molecule has 0 nitrogen and oxygen atoms in total. The smallest absolute Gasteiger partial charge is 0.0259 e. The summed E-state index contributed by atoms with van der Waals surface area (Å²) in [5.74, 6) is 1.56. The van der Waals surface area contributed by atoms with E-state index in [9.17, 15) is 0 Å². The Labute approximate surface area is 96.2 Å². The molecule has 15 heavy (non-hydrogen) atoms. The summed E-state index contributed by atoms with van der Waals surface area (Å²) in [5, 5.41) is 0. The standard InChI is InChI=1S/C15H28/c1-7-12(3)9-14(5)11-15(14,6)10-13(4)8-2/h7,12-13H,1,8-11H2,2-6H3. The zero-order chi connectivity index (χ0) is 11.7. The highest BCUT2D eigenvalue weighted by Crippen LogP contribution is 2.69. The van der Waals surface area contributed by atoms with E-state index in [1.807, 2.05) is 0 Å². The zero-order valence-corrected chi connectivity index (χ0v) is 11.3. The van der Waals surface area contributed by atoms with Crippen molar-refractivity contribution in [2.45, 2.75) is 60.3 Å². The molecule has 1 aliphatic carbocycles. The van der Waals surface area contributed by atoms with Crippen LogP contribution in [0.2, 0.25) is 0 Å². The van der Waals surface area contributed by atoms with E-state index in [2.05, 4.69) is 47.3 Å². The van der Waals surface area contributed by atoms with Gasteiger partial charge in [0, 0.05) is 0 Å². The van der Waals surface area contributed by atoms with Gasteiger partial charge in [-0.2, -0.15) is 0 Å². The van der Waals surface area contributed by atoms with Gasteiger partial charge in [-0.3, -0.25) is 0 Å². The molecule has 0 aliphatic heterocycles. The minimum absolute atomic E-state index is 0.587. The topological polar surface area (TPSA) is 0 Å². The van der Waals surface area contributed by atoms with E-state index < -0.39 is 0 Å². The van der Waals surface area contributed by atoms with Crippen LogP contribution in [0.3, 0.4) is 0 Å². The molecule has 0 amide bonds. The third-order valence-electron chi connectivity index (χ3n) is 4.78. The fourth-order valence-corrected chi connectivity index (χ4v) is 3.16. The summed E-state index contributed by atoms with van der Waals surface area (Å²) >= 11 is 0. The molecule has 0 N–H and O–H groups in total. The normalized spacial score (nSPS) is 38.5. The van der Waals surface area contributed by atoms with E-state index in [4.69, 9.17) is 0 Å². The highest BCUT2D eigenvalue weighted by Gasteiger charge is 2.60. The van der Waals surface area contributed by atoms with Crippen molar-refractivity contribution < 1.29 is 0 Å². The van der Waals surface area contributed by atoms with Gasteiger partial charge in [0.15, 0.2) is 0 Å². The van der Waals surface area contributed by atoms with Gasteiger partial charge < -0.3 is 0 Å². The van der Waals surface area contributed by atoms with Gasteiger partial charge in [0.25, 0.3) is 0 Å². The van der Waals surface area contributed by atoms with Crippen LogP contribution >= 0.6 is 0 Å². The molecular weight excluding hydrogens is 180 g/mol.